The van der Waals surface area contributed by atoms with Crippen molar-refractivity contribution in [2.45, 2.75) is 12.1 Å². The molecule has 0 bridgehead atoms. The lowest BCUT2D eigenvalue weighted by Crippen LogP contribution is -2.64. The molecule has 1 unspecified atom stereocenters. The van der Waals surface area contributed by atoms with Crippen LogP contribution in [0.25, 0.3) is 0 Å². The van der Waals surface area contributed by atoms with Crippen LogP contribution in [0.3, 0.4) is 0 Å². The summed E-state index contributed by atoms with van der Waals surface area (Å²) in [7, 11) is 1.61. The number of hydrogen-bond acceptors (Lipinski definition) is 6. The normalized spacial score (nSPS) is 23.5. The standard InChI is InChI=1S/C20H20N4O4/c1-27-16-6-4-15(5-7-16)20-13-22-8-2-3-17(22)19(26)24(20)10-9-23(20)18(25)14-11-21-28-12-14/h3-7,11-12H,2,8-10,13H2,1H3. The number of methoxy groups -OCH3 is 1. The molecule has 144 valence electrons. The van der Waals surface area contributed by atoms with E-state index >= 15 is 0 Å². The molecule has 0 N–H and O–H groups in total. The summed E-state index contributed by atoms with van der Waals surface area (Å²) in [5, 5.41) is 3.67. The van der Waals surface area contributed by atoms with E-state index in [-0.39, 0.29) is 11.8 Å². The molecule has 1 atom stereocenters. The average molecular weight is 380 g/mol. The van der Waals surface area contributed by atoms with E-state index in [0.29, 0.717) is 25.2 Å². The van der Waals surface area contributed by atoms with Crippen molar-refractivity contribution in [3.63, 3.8) is 0 Å². The first kappa shape index (κ1) is 16.9. The van der Waals surface area contributed by atoms with Gasteiger partial charge < -0.3 is 24.0 Å². The highest BCUT2D eigenvalue weighted by Crippen LogP contribution is 2.44. The van der Waals surface area contributed by atoms with Crippen LogP contribution in [0, 0.1) is 0 Å². The molecule has 2 amide bonds. The Balaban J connectivity index is 1.65. The van der Waals surface area contributed by atoms with Gasteiger partial charge in [0.25, 0.3) is 11.8 Å². The van der Waals surface area contributed by atoms with Gasteiger partial charge >= 0.3 is 0 Å². The lowest BCUT2D eigenvalue weighted by Gasteiger charge is -2.50. The van der Waals surface area contributed by atoms with Gasteiger partial charge in [-0.15, -0.1) is 0 Å². The van der Waals surface area contributed by atoms with Gasteiger partial charge in [0.1, 0.15) is 12.0 Å². The Morgan fingerprint density at radius 1 is 1.21 bits per heavy atom. The highest BCUT2D eigenvalue weighted by Gasteiger charge is 2.58. The molecule has 4 heterocycles. The molecule has 28 heavy (non-hydrogen) atoms. The molecule has 8 heteroatoms. The third-order valence-corrected chi connectivity index (χ3v) is 5.87. The second-order valence-corrected chi connectivity index (χ2v) is 7.17. The number of aromatic nitrogens is 1. The first-order chi connectivity index (χ1) is 13.6. The molecule has 3 aliphatic rings. The second kappa shape index (κ2) is 6.12. The minimum atomic E-state index is -0.876. The summed E-state index contributed by atoms with van der Waals surface area (Å²) in [6.07, 6.45) is 5.59. The van der Waals surface area contributed by atoms with Crippen LogP contribution in [-0.2, 0) is 10.5 Å². The monoisotopic (exact) mass is 380 g/mol. The number of nitrogens with zero attached hydrogens (tertiary/aromatic N) is 4. The Kier molecular flexibility index (Phi) is 3.68. The van der Waals surface area contributed by atoms with Gasteiger partial charge in [-0.25, -0.2) is 0 Å². The zero-order chi connectivity index (χ0) is 19.3. The Hall–Kier alpha value is -3.29. The molecule has 8 nitrogen and oxygen atoms in total. The van der Waals surface area contributed by atoms with Gasteiger partial charge in [-0.2, -0.15) is 0 Å². The number of rotatable bonds is 3. The summed E-state index contributed by atoms with van der Waals surface area (Å²) in [5.41, 5.74) is 1.13. The van der Waals surface area contributed by atoms with Crippen molar-refractivity contribution in [2.24, 2.45) is 0 Å². The minimum Gasteiger partial charge on any atom is -0.497 e. The van der Waals surface area contributed by atoms with Crippen LogP contribution < -0.4 is 4.74 Å². The van der Waals surface area contributed by atoms with Crippen LogP contribution in [0.1, 0.15) is 22.3 Å². The third kappa shape index (κ3) is 2.20. The molecule has 3 aliphatic heterocycles. The van der Waals surface area contributed by atoms with E-state index in [1.54, 1.807) is 12.0 Å². The van der Waals surface area contributed by atoms with Crippen LogP contribution in [-0.4, -0.2) is 65.0 Å². The summed E-state index contributed by atoms with van der Waals surface area (Å²) in [6, 6.07) is 7.59. The van der Waals surface area contributed by atoms with Crippen molar-refractivity contribution in [3.05, 3.63) is 59.6 Å². The van der Waals surface area contributed by atoms with Gasteiger partial charge in [-0.3, -0.25) is 9.59 Å². The molecule has 0 aliphatic carbocycles. The van der Waals surface area contributed by atoms with Crippen molar-refractivity contribution in [2.75, 3.05) is 33.3 Å². The van der Waals surface area contributed by atoms with Gasteiger partial charge in [-0.1, -0.05) is 23.4 Å². The number of fused-ring (bicyclic) bond motifs is 2. The Bertz CT molecular complexity index is 953. The average Bonchev–Trinajstić information content (AvgIpc) is 3.47. The molecular weight excluding hydrogens is 360 g/mol. The summed E-state index contributed by atoms with van der Waals surface area (Å²) < 4.78 is 10.2. The molecule has 2 saturated heterocycles. The Morgan fingerprint density at radius 2 is 2.04 bits per heavy atom. The molecule has 5 rings (SSSR count). The number of carbonyl (C=O) groups excluding carboxylic acids is 2. The SMILES string of the molecule is COc1ccc(C23CN4CCC=C4C(=O)N2CCN3C(=O)c2cnoc2)cc1. The van der Waals surface area contributed by atoms with E-state index in [1.165, 1.54) is 12.5 Å². The molecule has 2 aromatic rings. The van der Waals surface area contributed by atoms with Crippen LogP contribution >= 0.6 is 0 Å². The summed E-state index contributed by atoms with van der Waals surface area (Å²) in [6.45, 7) is 2.24. The van der Waals surface area contributed by atoms with Gasteiger partial charge in [0.15, 0.2) is 5.66 Å². The number of carbonyl (C=O) groups is 2. The van der Waals surface area contributed by atoms with Gasteiger partial charge in [0.2, 0.25) is 0 Å². The molecule has 1 aromatic carbocycles. The molecule has 0 spiro atoms. The fourth-order valence-electron chi connectivity index (χ4n) is 4.55. The number of piperazine rings is 1. The number of hydrogen-bond donors (Lipinski definition) is 0. The van der Waals surface area contributed by atoms with Crippen molar-refractivity contribution in [3.8, 4) is 5.75 Å². The number of ether oxygens (including phenoxy) is 1. The smallest absolute Gasteiger partial charge is 0.272 e. The molecule has 0 radical (unpaired) electrons. The predicted octanol–water partition coefficient (Wildman–Crippen LogP) is 1.42. The van der Waals surface area contributed by atoms with Crippen LogP contribution in [0.5, 0.6) is 5.75 Å². The van der Waals surface area contributed by atoms with Gasteiger partial charge in [0.05, 0.1) is 31.1 Å². The summed E-state index contributed by atoms with van der Waals surface area (Å²) in [4.78, 5) is 32.2. The van der Waals surface area contributed by atoms with Crippen molar-refractivity contribution in [1.82, 2.24) is 19.9 Å². The van der Waals surface area contributed by atoms with Crippen molar-refractivity contribution in [1.29, 1.82) is 0 Å². The minimum absolute atomic E-state index is 0.0276. The van der Waals surface area contributed by atoms with Crippen LogP contribution in [0.2, 0.25) is 0 Å². The predicted molar refractivity (Wildman–Crippen MR) is 98.2 cm³/mol. The highest BCUT2D eigenvalue weighted by molar-refractivity contribution is 5.98. The van der Waals surface area contributed by atoms with Gasteiger partial charge in [0, 0.05) is 25.2 Å². The first-order valence-corrected chi connectivity index (χ1v) is 9.28. The van der Waals surface area contributed by atoms with E-state index < -0.39 is 5.66 Å². The van der Waals surface area contributed by atoms with E-state index in [1.807, 2.05) is 35.2 Å². The fourth-order valence-corrected chi connectivity index (χ4v) is 4.55. The Labute approximate surface area is 161 Å². The highest BCUT2D eigenvalue weighted by atomic mass is 16.5. The van der Waals surface area contributed by atoms with Gasteiger partial charge in [-0.05, 0) is 18.6 Å². The van der Waals surface area contributed by atoms with Crippen LogP contribution in [0.4, 0.5) is 0 Å². The molecule has 1 aromatic heterocycles. The molecule has 2 fully saturated rings. The maximum absolute atomic E-state index is 13.3. The maximum Gasteiger partial charge on any atom is 0.272 e. The van der Waals surface area contributed by atoms with E-state index in [9.17, 15) is 9.59 Å². The summed E-state index contributed by atoms with van der Waals surface area (Å²) in [5.74, 6) is 0.504. The zero-order valence-corrected chi connectivity index (χ0v) is 15.5. The van der Waals surface area contributed by atoms with E-state index in [2.05, 4.69) is 10.1 Å². The maximum atomic E-state index is 13.3. The summed E-state index contributed by atoms with van der Waals surface area (Å²) >= 11 is 0. The number of amides is 2. The van der Waals surface area contributed by atoms with Crippen molar-refractivity contribution >= 4 is 11.8 Å². The molecular formula is C20H20N4O4. The quantitative estimate of drug-likeness (QED) is 0.801. The lowest BCUT2D eigenvalue weighted by atomic mass is 9.92. The Morgan fingerprint density at radius 3 is 2.75 bits per heavy atom. The van der Waals surface area contributed by atoms with Crippen molar-refractivity contribution < 1.29 is 18.8 Å². The largest absolute Gasteiger partial charge is 0.497 e. The fraction of sp³-hybridized carbons (Fsp3) is 0.350. The number of benzene rings is 1. The second-order valence-electron chi connectivity index (χ2n) is 7.17. The van der Waals surface area contributed by atoms with E-state index in [4.69, 9.17) is 9.26 Å². The van der Waals surface area contributed by atoms with Crippen LogP contribution in [0.15, 0.2) is 53.0 Å². The zero-order valence-electron chi connectivity index (χ0n) is 15.5. The van der Waals surface area contributed by atoms with E-state index in [0.717, 1.165) is 30.0 Å². The topological polar surface area (TPSA) is 79.1 Å². The first-order valence-electron chi connectivity index (χ1n) is 9.28. The molecule has 0 saturated carbocycles. The third-order valence-electron chi connectivity index (χ3n) is 5.87. The lowest BCUT2D eigenvalue weighted by molar-refractivity contribution is -0.143.